The van der Waals surface area contributed by atoms with E-state index in [2.05, 4.69) is 53.5 Å². The van der Waals surface area contributed by atoms with Crippen LogP contribution in [0.15, 0.2) is 66.9 Å². The fourth-order valence-corrected chi connectivity index (χ4v) is 2.88. The number of hydrogen-bond donors (Lipinski definition) is 1. The molecule has 96 valence electrons. The molecule has 0 saturated heterocycles. The second-order valence-corrected chi connectivity index (χ2v) is 5.21. The highest BCUT2D eigenvalue weighted by Crippen LogP contribution is 2.27. The first-order valence-corrected chi connectivity index (χ1v) is 6.92. The molecule has 2 aromatic carbocycles. The molecule has 0 spiro atoms. The van der Waals surface area contributed by atoms with Crippen LogP contribution >= 0.6 is 12.2 Å². The van der Waals surface area contributed by atoms with E-state index in [1.165, 1.54) is 10.8 Å². The third-order valence-corrected chi connectivity index (χ3v) is 3.90. The normalized spacial score (nSPS) is 11.2. The summed E-state index contributed by atoms with van der Waals surface area (Å²) in [5.74, 6) is 0. The minimum Gasteiger partial charge on any atom is -0.330 e. The zero-order valence-electron chi connectivity index (χ0n) is 10.7. The van der Waals surface area contributed by atoms with Gasteiger partial charge in [-0.15, -0.1) is 0 Å². The summed E-state index contributed by atoms with van der Waals surface area (Å²) < 4.78 is 2.73. The number of benzene rings is 2. The van der Waals surface area contributed by atoms with Crippen molar-refractivity contribution in [3.8, 4) is 11.3 Å². The predicted molar refractivity (Wildman–Crippen MR) is 85.5 cm³/mol. The Morgan fingerprint density at radius 2 is 1.65 bits per heavy atom. The minimum atomic E-state index is 0.726. The van der Waals surface area contributed by atoms with Crippen LogP contribution in [0.1, 0.15) is 0 Å². The van der Waals surface area contributed by atoms with E-state index in [0.717, 1.165) is 21.5 Å². The van der Waals surface area contributed by atoms with E-state index in [0.29, 0.717) is 0 Å². The molecule has 0 radical (unpaired) electrons. The first kappa shape index (κ1) is 11.4. The molecule has 4 aromatic rings. The van der Waals surface area contributed by atoms with Gasteiger partial charge in [-0.05, 0) is 41.2 Å². The van der Waals surface area contributed by atoms with E-state index < -0.39 is 0 Å². The lowest BCUT2D eigenvalue weighted by Crippen LogP contribution is -1.82. The summed E-state index contributed by atoms with van der Waals surface area (Å²) in [5.41, 5.74) is 3.33. The number of fused-ring (bicyclic) bond motifs is 2. The number of H-pyrrole nitrogens is 1. The number of hydrogen-bond acceptors (Lipinski definition) is 1. The third kappa shape index (κ3) is 1.67. The highest BCUT2D eigenvalue weighted by atomic mass is 32.1. The molecule has 1 N–H and O–H groups in total. The molecule has 4 rings (SSSR count). The first-order chi connectivity index (χ1) is 9.83. The molecule has 2 heterocycles. The molecule has 0 aliphatic carbocycles. The van der Waals surface area contributed by atoms with Gasteiger partial charge in [-0.3, -0.25) is 4.40 Å². The summed E-state index contributed by atoms with van der Waals surface area (Å²) in [6.07, 6.45) is 1.98. The van der Waals surface area contributed by atoms with Crippen LogP contribution in [-0.4, -0.2) is 9.38 Å². The van der Waals surface area contributed by atoms with Gasteiger partial charge in [-0.2, -0.15) is 0 Å². The lowest BCUT2D eigenvalue weighted by atomic mass is 10.0. The standard InChI is InChI=1S/C17H12N2S/c20-17-18-16(15-7-3-4-10-19(15)17)14-9-8-12-5-1-2-6-13(12)11-14/h1-11H,(H,18,20). The van der Waals surface area contributed by atoms with Crippen LogP contribution in [0.3, 0.4) is 0 Å². The van der Waals surface area contributed by atoms with Crippen molar-refractivity contribution >= 4 is 28.5 Å². The van der Waals surface area contributed by atoms with Crippen molar-refractivity contribution in [2.75, 3.05) is 0 Å². The van der Waals surface area contributed by atoms with Crippen molar-refractivity contribution in [3.63, 3.8) is 0 Å². The first-order valence-electron chi connectivity index (χ1n) is 6.51. The van der Waals surface area contributed by atoms with Crippen LogP contribution in [0.25, 0.3) is 27.5 Å². The molecule has 0 saturated carbocycles. The highest BCUT2D eigenvalue weighted by molar-refractivity contribution is 7.71. The van der Waals surface area contributed by atoms with Crippen molar-refractivity contribution < 1.29 is 0 Å². The Kier molecular flexibility index (Phi) is 2.47. The Labute approximate surface area is 121 Å². The Balaban J connectivity index is 2.03. The summed E-state index contributed by atoms with van der Waals surface area (Å²) in [5, 5.41) is 2.48. The SMILES string of the molecule is S=c1[nH]c(-c2ccc3ccccc3c2)c2ccccn12. The summed E-state index contributed by atoms with van der Waals surface area (Å²) >= 11 is 5.38. The van der Waals surface area contributed by atoms with Crippen LogP contribution in [0.2, 0.25) is 0 Å². The number of imidazole rings is 1. The van der Waals surface area contributed by atoms with Crippen molar-refractivity contribution in [2.24, 2.45) is 0 Å². The fraction of sp³-hybridized carbons (Fsp3) is 0. The van der Waals surface area contributed by atoms with Gasteiger partial charge in [-0.1, -0.05) is 42.5 Å². The zero-order chi connectivity index (χ0) is 13.5. The second kappa shape index (κ2) is 4.32. The summed E-state index contributed by atoms with van der Waals surface area (Å²) in [4.78, 5) is 3.31. The van der Waals surface area contributed by atoms with E-state index in [1.807, 2.05) is 22.7 Å². The highest BCUT2D eigenvalue weighted by Gasteiger charge is 2.07. The molecular weight excluding hydrogens is 264 g/mol. The lowest BCUT2D eigenvalue weighted by Gasteiger charge is -2.02. The molecule has 2 nitrogen and oxygen atoms in total. The molecule has 0 amide bonds. The third-order valence-electron chi connectivity index (χ3n) is 3.60. The molecule has 0 unspecified atom stereocenters. The van der Waals surface area contributed by atoms with Gasteiger partial charge >= 0.3 is 0 Å². The van der Waals surface area contributed by atoms with E-state index in [-0.39, 0.29) is 0 Å². The van der Waals surface area contributed by atoms with Crippen LogP contribution in [0.4, 0.5) is 0 Å². The van der Waals surface area contributed by atoms with Gasteiger partial charge in [0.1, 0.15) is 0 Å². The van der Waals surface area contributed by atoms with Gasteiger partial charge in [0.25, 0.3) is 0 Å². The maximum atomic E-state index is 5.38. The fourth-order valence-electron chi connectivity index (χ4n) is 2.62. The quantitative estimate of drug-likeness (QED) is 0.494. The molecule has 0 atom stereocenters. The largest absolute Gasteiger partial charge is 0.330 e. The number of nitrogens with zero attached hydrogens (tertiary/aromatic N) is 1. The van der Waals surface area contributed by atoms with Crippen LogP contribution in [-0.2, 0) is 0 Å². The second-order valence-electron chi connectivity index (χ2n) is 4.82. The summed E-state index contributed by atoms with van der Waals surface area (Å²) in [6.45, 7) is 0. The Bertz CT molecular complexity index is 979. The van der Waals surface area contributed by atoms with Crippen molar-refractivity contribution in [1.82, 2.24) is 9.38 Å². The average molecular weight is 276 g/mol. The van der Waals surface area contributed by atoms with Gasteiger partial charge in [-0.25, -0.2) is 0 Å². The van der Waals surface area contributed by atoms with Gasteiger partial charge in [0.2, 0.25) is 0 Å². The molecule has 0 bridgehead atoms. The van der Waals surface area contributed by atoms with E-state index in [4.69, 9.17) is 12.2 Å². The van der Waals surface area contributed by atoms with Gasteiger partial charge in [0.05, 0.1) is 11.2 Å². The maximum Gasteiger partial charge on any atom is 0.182 e. The summed E-state index contributed by atoms with van der Waals surface area (Å²) in [6, 6.07) is 21.0. The molecular formula is C17H12N2S. The Hall–Kier alpha value is -2.39. The number of nitrogens with one attached hydrogen (secondary N) is 1. The van der Waals surface area contributed by atoms with E-state index in [1.54, 1.807) is 0 Å². The minimum absolute atomic E-state index is 0.726. The Morgan fingerprint density at radius 1 is 0.850 bits per heavy atom. The van der Waals surface area contributed by atoms with E-state index >= 15 is 0 Å². The number of pyridine rings is 1. The molecule has 20 heavy (non-hydrogen) atoms. The van der Waals surface area contributed by atoms with Crippen LogP contribution in [0, 0.1) is 4.77 Å². The maximum absolute atomic E-state index is 5.38. The molecule has 3 heteroatoms. The van der Waals surface area contributed by atoms with E-state index in [9.17, 15) is 0 Å². The topological polar surface area (TPSA) is 20.2 Å². The van der Waals surface area contributed by atoms with Crippen LogP contribution in [0.5, 0.6) is 0 Å². The van der Waals surface area contributed by atoms with Gasteiger partial charge < -0.3 is 4.98 Å². The van der Waals surface area contributed by atoms with Crippen molar-refractivity contribution in [2.45, 2.75) is 0 Å². The Morgan fingerprint density at radius 3 is 2.55 bits per heavy atom. The molecule has 2 aromatic heterocycles. The van der Waals surface area contributed by atoms with Crippen molar-refractivity contribution in [3.05, 3.63) is 71.6 Å². The smallest absolute Gasteiger partial charge is 0.182 e. The number of aromatic amines is 1. The zero-order valence-corrected chi connectivity index (χ0v) is 11.5. The summed E-state index contributed by atoms with van der Waals surface area (Å²) in [7, 11) is 0. The number of rotatable bonds is 1. The van der Waals surface area contributed by atoms with Gasteiger partial charge in [0, 0.05) is 11.8 Å². The molecule has 0 aliphatic heterocycles. The number of aromatic nitrogens is 2. The average Bonchev–Trinajstić information content (AvgIpc) is 2.85. The molecule has 0 aliphatic rings. The lowest BCUT2D eigenvalue weighted by molar-refractivity contribution is 1.12. The predicted octanol–water partition coefficient (Wildman–Crippen LogP) is 4.82. The van der Waals surface area contributed by atoms with Crippen LogP contribution < -0.4 is 0 Å². The monoisotopic (exact) mass is 276 g/mol. The van der Waals surface area contributed by atoms with Crippen molar-refractivity contribution in [1.29, 1.82) is 0 Å². The molecule has 0 fully saturated rings. The van der Waals surface area contributed by atoms with Gasteiger partial charge in [0.15, 0.2) is 4.77 Å².